The van der Waals surface area contributed by atoms with Crippen molar-refractivity contribution in [2.75, 3.05) is 10.8 Å². The van der Waals surface area contributed by atoms with Crippen LogP contribution in [0.5, 0.6) is 0 Å². The molecule has 0 spiro atoms. The summed E-state index contributed by atoms with van der Waals surface area (Å²) in [6.45, 7) is 8.94. The first-order chi connectivity index (χ1) is 21.4. The van der Waals surface area contributed by atoms with E-state index in [1.165, 1.54) is 17.0 Å². The number of anilines is 1. The fourth-order valence-electron chi connectivity index (χ4n) is 5.01. The van der Waals surface area contributed by atoms with E-state index < -0.39 is 28.5 Å². The van der Waals surface area contributed by atoms with Crippen molar-refractivity contribution in [2.24, 2.45) is 0 Å². The summed E-state index contributed by atoms with van der Waals surface area (Å²) < 4.78 is 29.4. The number of halogens is 1. The van der Waals surface area contributed by atoms with Crippen molar-refractivity contribution in [2.45, 2.75) is 64.6 Å². The molecule has 1 atom stereocenters. The molecule has 0 aliphatic heterocycles. The van der Waals surface area contributed by atoms with Gasteiger partial charge in [0, 0.05) is 24.0 Å². The number of carbonyl (C=O) groups excluding carboxylic acids is 2. The predicted octanol–water partition coefficient (Wildman–Crippen LogP) is 6.63. The van der Waals surface area contributed by atoms with Gasteiger partial charge in [0.05, 0.1) is 10.6 Å². The van der Waals surface area contributed by atoms with Crippen molar-refractivity contribution in [3.05, 3.63) is 130 Å². The minimum atomic E-state index is -4.21. The number of rotatable bonds is 12. The Labute approximate surface area is 271 Å². The minimum Gasteiger partial charge on any atom is -0.352 e. The number of sulfonamides is 1. The van der Waals surface area contributed by atoms with Gasteiger partial charge in [0.15, 0.2) is 0 Å². The summed E-state index contributed by atoms with van der Waals surface area (Å²) in [6.07, 6.45) is 0.248. The normalized spacial score (nSPS) is 12.1. The lowest BCUT2D eigenvalue weighted by molar-refractivity contribution is -0.140. The molecule has 1 N–H and O–H groups in total. The molecule has 236 valence electrons. The van der Waals surface area contributed by atoms with Crippen LogP contribution < -0.4 is 9.62 Å². The molecule has 0 radical (unpaired) electrons. The number of aryl methyl sites for hydroxylation is 3. The Morgan fingerprint density at radius 1 is 0.822 bits per heavy atom. The maximum atomic E-state index is 14.6. The van der Waals surface area contributed by atoms with Gasteiger partial charge in [0.25, 0.3) is 10.0 Å². The maximum absolute atomic E-state index is 14.6. The SMILES string of the molecule is Cc1ccc(S(=O)(=O)N(CC(=O)N(Cc2ccccc2C)[C@H](Cc2ccccc2)C(=O)NC(C)C)c2ccc(C)c(Cl)c2)cc1. The topological polar surface area (TPSA) is 86.8 Å². The summed E-state index contributed by atoms with van der Waals surface area (Å²) in [4.78, 5) is 29.9. The number of amides is 2. The first kappa shape index (κ1) is 33.7. The van der Waals surface area contributed by atoms with Crippen LogP contribution in [0.3, 0.4) is 0 Å². The van der Waals surface area contributed by atoms with Crippen molar-refractivity contribution in [3.8, 4) is 0 Å². The second kappa shape index (κ2) is 14.8. The molecular formula is C36H40ClN3O4S. The third-order valence-corrected chi connectivity index (χ3v) is 9.83. The third-order valence-electron chi connectivity index (χ3n) is 7.64. The number of benzene rings is 4. The summed E-state index contributed by atoms with van der Waals surface area (Å²) in [5, 5.41) is 3.35. The quantitative estimate of drug-likeness (QED) is 0.188. The van der Waals surface area contributed by atoms with Crippen molar-refractivity contribution in [3.63, 3.8) is 0 Å². The molecule has 7 nitrogen and oxygen atoms in total. The number of nitrogens with zero attached hydrogens (tertiary/aromatic N) is 2. The van der Waals surface area contributed by atoms with Crippen molar-refractivity contribution in [1.82, 2.24) is 10.2 Å². The van der Waals surface area contributed by atoms with Gasteiger partial charge < -0.3 is 10.2 Å². The minimum absolute atomic E-state index is 0.0430. The molecule has 0 saturated carbocycles. The summed E-state index contributed by atoms with van der Waals surface area (Å²) >= 11 is 6.46. The molecule has 4 aromatic carbocycles. The van der Waals surface area contributed by atoms with Crippen LogP contribution in [0.1, 0.15) is 41.7 Å². The van der Waals surface area contributed by atoms with Gasteiger partial charge in [0.2, 0.25) is 11.8 Å². The third kappa shape index (κ3) is 8.53. The van der Waals surface area contributed by atoms with Gasteiger partial charge in [-0.25, -0.2) is 8.42 Å². The van der Waals surface area contributed by atoms with Crippen LogP contribution in [0.25, 0.3) is 0 Å². The van der Waals surface area contributed by atoms with E-state index in [1.807, 2.05) is 89.2 Å². The molecule has 2 amide bonds. The molecule has 0 aliphatic rings. The molecule has 0 heterocycles. The zero-order valence-electron chi connectivity index (χ0n) is 26.3. The second-order valence-electron chi connectivity index (χ2n) is 11.6. The maximum Gasteiger partial charge on any atom is 0.264 e. The average molecular weight is 646 g/mol. The van der Waals surface area contributed by atoms with Gasteiger partial charge in [-0.3, -0.25) is 13.9 Å². The van der Waals surface area contributed by atoms with Crippen LogP contribution >= 0.6 is 11.6 Å². The molecule has 45 heavy (non-hydrogen) atoms. The standard InChI is InChI=1S/C36H40ClN3O4S/c1-25(2)38-36(42)34(21-29-12-7-6-8-13-29)39(23-30-14-10-9-11-27(30)4)35(41)24-40(31-18-17-28(5)33(37)22-31)45(43,44)32-19-15-26(3)16-20-32/h6-20,22,25,34H,21,23-24H2,1-5H3,(H,38,42)/t34-/m1/s1. The molecule has 4 aromatic rings. The number of carbonyl (C=O) groups is 2. The van der Waals surface area contributed by atoms with Crippen LogP contribution in [-0.2, 0) is 32.6 Å². The van der Waals surface area contributed by atoms with E-state index in [4.69, 9.17) is 11.6 Å². The molecule has 4 rings (SSSR count). The highest BCUT2D eigenvalue weighted by Crippen LogP contribution is 2.29. The van der Waals surface area contributed by atoms with Gasteiger partial charge in [-0.2, -0.15) is 0 Å². The monoisotopic (exact) mass is 645 g/mol. The lowest BCUT2D eigenvalue weighted by Gasteiger charge is -2.34. The first-order valence-corrected chi connectivity index (χ1v) is 16.7. The Morgan fingerprint density at radius 3 is 2.09 bits per heavy atom. The van der Waals surface area contributed by atoms with Crippen molar-refractivity contribution < 1.29 is 18.0 Å². The molecule has 0 fully saturated rings. The van der Waals surface area contributed by atoms with Crippen molar-refractivity contribution >= 4 is 39.1 Å². The number of hydrogen-bond donors (Lipinski definition) is 1. The van der Waals surface area contributed by atoms with Gasteiger partial charge >= 0.3 is 0 Å². The summed E-state index contributed by atoms with van der Waals surface area (Å²) in [5.74, 6) is -0.840. The van der Waals surface area contributed by atoms with E-state index in [0.717, 1.165) is 32.1 Å². The highest BCUT2D eigenvalue weighted by Gasteiger charge is 2.35. The van der Waals surface area contributed by atoms with Crippen molar-refractivity contribution in [1.29, 1.82) is 0 Å². The second-order valence-corrected chi connectivity index (χ2v) is 13.8. The highest BCUT2D eigenvalue weighted by atomic mass is 35.5. The zero-order chi connectivity index (χ0) is 32.7. The molecule has 0 aromatic heterocycles. The van der Waals surface area contributed by atoms with Gasteiger partial charge in [-0.05, 0) is 81.1 Å². The molecular weight excluding hydrogens is 606 g/mol. The Kier molecular flexibility index (Phi) is 11.1. The number of hydrogen-bond acceptors (Lipinski definition) is 4. The molecule has 0 unspecified atom stereocenters. The fraction of sp³-hybridized carbons (Fsp3) is 0.278. The van der Waals surface area contributed by atoms with Crippen LogP contribution in [0.15, 0.2) is 102 Å². The molecule has 0 saturated heterocycles. The Bertz CT molecular complexity index is 1740. The predicted molar refractivity (Wildman–Crippen MR) is 181 cm³/mol. The fourth-order valence-corrected chi connectivity index (χ4v) is 6.59. The Balaban J connectivity index is 1.83. The van der Waals surface area contributed by atoms with Gasteiger partial charge in [-0.15, -0.1) is 0 Å². The largest absolute Gasteiger partial charge is 0.352 e. The van der Waals surface area contributed by atoms with Crippen LogP contribution in [0, 0.1) is 20.8 Å². The van der Waals surface area contributed by atoms with Gasteiger partial charge in [0.1, 0.15) is 12.6 Å². The Morgan fingerprint density at radius 2 is 1.47 bits per heavy atom. The lowest BCUT2D eigenvalue weighted by atomic mass is 10.0. The average Bonchev–Trinajstić information content (AvgIpc) is 3.00. The smallest absolute Gasteiger partial charge is 0.264 e. The summed E-state index contributed by atoms with van der Waals surface area (Å²) in [6, 6.07) is 27.4. The van der Waals surface area contributed by atoms with E-state index in [-0.39, 0.29) is 35.5 Å². The molecule has 9 heteroatoms. The highest BCUT2D eigenvalue weighted by molar-refractivity contribution is 7.92. The molecule has 0 bridgehead atoms. The summed E-state index contributed by atoms with van der Waals surface area (Å²) in [5.41, 5.74) is 4.60. The number of nitrogens with one attached hydrogen (secondary N) is 1. The van der Waals surface area contributed by atoms with Gasteiger partial charge in [-0.1, -0.05) is 90.0 Å². The first-order valence-electron chi connectivity index (χ1n) is 14.9. The van der Waals surface area contributed by atoms with E-state index in [1.54, 1.807) is 30.3 Å². The lowest BCUT2D eigenvalue weighted by Crippen LogP contribution is -2.54. The van der Waals surface area contributed by atoms with E-state index in [9.17, 15) is 18.0 Å². The van der Waals surface area contributed by atoms with Crippen LogP contribution in [0.2, 0.25) is 5.02 Å². The molecule has 0 aliphatic carbocycles. The van der Waals surface area contributed by atoms with E-state index in [0.29, 0.717) is 5.02 Å². The van der Waals surface area contributed by atoms with Crippen LogP contribution in [0.4, 0.5) is 5.69 Å². The summed E-state index contributed by atoms with van der Waals surface area (Å²) in [7, 11) is -4.21. The van der Waals surface area contributed by atoms with Crippen LogP contribution in [-0.4, -0.2) is 43.8 Å². The Hall–Kier alpha value is -4.14. The van der Waals surface area contributed by atoms with E-state index in [2.05, 4.69) is 5.32 Å². The zero-order valence-corrected chi connectivity index (χ0v) is 27.9. The van der Waals surface area contributed by atoms with E-state index >= 15 is 0 Å².